The van der Waals surface area contributed by atoms with Crippen LogP contribution in [0.1, 0.15) is 39.5 Å². The van der Waals surface area contributed by atoms with E-state index in [1.165, 1.54) is 38.8 Å². The number of aliphatic imine (C=N–C) groups is 1. The van der Waals surface area contributed by atoms with Crippen LogP contribution in [0.2, 0.25) is 0 Å². The molecule has 1 heterocycles. The summed E-state index contributed by atoms with van der Waals surface area (Å²) in [6.07, 6.45) is 5.69. The normalized spacial score (nSPS) is 22.9. The molecule has 2 aliphatic rings. The molecule has 1 saturated heterocycles. The summed E-state index contributed by atoms with van der Waals surface area (Å²) in [4.78, 5) is 7.00. The largest absolute Gasteiger partial charge is 0.357 e. The molecule has 0 atom stereocenters. The van der Waals surface area contributed by atoms with Crippen molar-refractivity contribution in [3.63, 3.8) is 0 Å². The minimum absolute atomic E-state index is 0. The van der Waals surface area contributed by atoms with Gasteiger partial charge in [0.1, 0.15) is 0 Å². The van der Waals surface area contributed by atoms with Gasteiger partial charge in [0, 0.05) is 26.2 Å². The van der Waals surface area contributed by atoms with E-state index in [1.807, 2.05) is 0 Å². The number of halogens is 1. The van der Waals surface area contributed by atoms with E-state index in [1.54, 1.807) is 0 Å². The lowest BCUT2D eigenvalue weighted by Gasteiger charge is -2.38. The highest BCUT2D eigenvalue weighted by molar-refractivity contribution is 14.0. The Bertz CT molecular complexity index is 249. The van der Waals surface area contributed by atoms with Crippen LogP contribution in [-0.2, 0) is 0 Å². The Kier molecular flexibility index (Phi) is 5.34. The number of rotatable bonds is 2. The Morgan fingerprint density at radius 1 is 1.31 bits per heavy atom. The van der Waals surface area contributed by atoms with Crippen molar-refractivity contribution in [1.29, 1.82) is 0 Å². The van der Waals surface area contributed by atoms with Gasteiger partial charge in [-0.25, -0.2) is 0 Å². The van der Waals surface area contributed by atoms with Gasteiger partial charge in [-0.15, -0.1) is 24.0 Å². The summed E-state index contributed by atoms with van der Waals surface area (Å²) in [5.74, 6) is 1.13. The Morgan fingerprint density at radius 2 is 2.06 bits per heavy atom. The standard InChI is InChI=1S/C12H23N3.HI/c1-3-13-11(14-4-2)15-9-8-12(10-15)6-5-7-12;/h3-10H2,1-2H3,(H,13,14);1H. The molecule has 0 unspecified atom stereocenters. The molecule has 3 nitrogen and oxygen atoms in total. The number of hydrogen-bond donors (Lipinski definition) is 1. The molecule has 0 aromatic carbocycles. The van der Waals surface area contributed by atoms with Crippen molar-refractivity contribution in [2.75, 3.05) is 26.2 Å². The van der Waals surface area contributed by atoms with Gasteiger partial charge in [-0.2, -0.15) is 0 Å². The predicted molar refractivity (Wildman–Crippen MR) is 79.5 cm³/mol. The zero-order valence-corrected chi connectivity index (χ0v) is 12.8. The van der Waals surface area contributed by atoms with E-state index in [2.05, 4.69) is 29.1 Å². The Hall–Kier alpha value is 0. The first-order valence-corrected chi connectivity index (χ1v) is 6.33. The third-order valence-corrected chi connectivity index (χ3v) is 3.79. The third kappa shape index (κ3) is 2.81. The summed E-state index contributed by atoms with van der Waals surface area (Å²) in [6.45, 7) is 8.53. The van der Waals surface area contributed by atoms with Gasteiger partial charge in [0.25, 0.3) is 0 Å². The molecule has 1 saturated carbocycles. The maximum Gasteiger partial charge on any atom is 0.193 e. The van der Waals surface area contributed by atoms with Crippen molar-refractivity contribution >= 4 is 29.9 Å². The van der Waals surface area contributed by atoms with Crippen molar-refractivity contribution in [3.05, 3.63) is 0 Å². The highest BCUT2D eigenvalue weighted by Crippen LogP contribution is 2.47. The molecule has 0 aromatic rings. The SMILES string of the molecule is CCN=C(NCC)N1CCC2(CCC2)C1.I. The van der Waals surface area contributed by atoms with Gasteiger partial charge >= 0.3 is 0 Å². The molecule has 0 bridgehead atoms. The average Bonchev–Trinajstić information content (AvgIpc) is 2.61. The van der Waals surface area contributed by atoms with Crippen molar-refractivity contribution in [2.24, 2.45) is 10.4 Å². The fourth-order valence-electron chi connectivity index (χ4n) is 2.78. The molecule has 94 valence electrons. The minimum atomic E-state index is 0. The number of hydrogen-bond acceptors (Lipinski definition) is 1. The van der Waals surface area contributed by atoms with Crippen molar-refractivity contribution in [1.82, 2.24) is 10.2 Å². The van der Waals surface area contributed by atoms with E-state index in [9.17, 15) is 0 Å². The number of nitrogens with one attached hydrogen (secondary N) is 1. The lowest BCUT2D eigenvalue weighted by Crippen LogP contribution is -2.42. The van der Waals surface area contributed by atoms with Crippen LogP contribution in [0.3, 0.4) is 0 Å². The second-order valence-corrected chi connectivity index (χ2v) is 4.85. The minimum Gasteiger partial charge on any atom is -0.357 e. The summed E-state index contributed by atoms with van der Waals surface area (Å²) in [5, 5.41) is 3.39. The van der Waals surface area contributed by atoms with E-state index in [-0.39, 0.29) is 24.0 Å². The fraction of sp³-hybridized carbons (Fsp3) is 0.917. The van der Waals surface area contributed by atoms with Crippen LogP contribution < -0.4 is 5.32 Å². The fourth-order valence-corrected chi connectivity index (χ4v) is 2.78. The molecule has 1 N–H and O–H groups in total. The molecule has 2 fully saturated rings. The van der Waals surface area contributed by atoms with Gasteiger partial charge in [-0.05, 0) is 38.5 Å². The van der Waals surface area contributed by atoms with E-state index in [0.717, 1.165) is 19.0 Å². The Labute approximate surface area is 116 Å². The Balaban J connectivity index is 0.00000128. The van der Waals surface area contributed by atoms with Crippen LogP contribution in [0.15, 0.2) is 4.99 Å². The lowest BCUT2D eigenvalue weighted by molar-refractivity contribution is 0.151. The second-order valence-electron chi connectivity index (χ2n) is 4.85. The molecule has 0 radical (unpaired) electrons. The van der Waals surface area contributed by atoms with Crippen LogP contribution >= 0.6 is 24.0 Å². The monoisotopic (exact) mass is 337 g/mol. The van der Waals surface area contributed by atoms with Crippen molar-refractivity contribution in [2.45, 2.75) is 39.5 Å². The summed E-state index contributed by atoms with van der Waals surface area (Å²) < 4.78 is 0. The average molecular weight is 337 g/mol. The van der Waals surface area contributed by atoms with Crippen LogP contribution in [-0.4, -0.2) is 37.0 Å². The van der Waals surface area contributed by atoms with Gasteiger partial charge in [0.15, 0.2) is 5.96 Å². The van der Waals surface area contributed by atoms with Gasteiger partial charge in [0.2, 0.25) is 0 Å². The summed E-state index contributed by atoms with van der Waals surface area (Å²) >= 11 is 0. The van der Waals surface area contributed by atoms with E-state index in [4.69, 9.17) is 0 Å². The summed E-state index contributed by atoms with van der Waals surface area (Å²) in [7, 11) is 0. The number of likely N-dealkylation sites (tertiary alicyclic amines) is 1. The molecule has 0 amide bonds. The first kappa shape index (κ1) is 14.1. The van der Waals surface area contributed by atoms with Crippen LogP contribution in [0.5, 0.6) is 0 Å². The topological polar surface area (TPSA) is 27.6 Å². The van der Waals surface area contributed by atoms with Crippen LogP contribution in [0.4, 0.5) is 0 Å². The van der Waals surface area contributed by atoms with E-state index >= 15 is 0 Å². The first-order chi connectivity index (χ1) is 7.29. The molecule has 16 heavy (non-hydrogen) atoms. The Morgan fingerprint density at radius 3 is 2.50 bits per heavy atom. The van der Waals surface area contributed by atoms with Crippen molar-refractivity contribution in [3.8, 4) is 0 Å². The van der Waals surface area contributed by atoms with Gasteiger partial charge in [0.05, 0.1) is 0 Å². The molecular formula is C12H24IN3. The first-order valence-electron chi connectivity index (χ1n) is 6.33. The smallest absolute Gasteiger partial charge is 0.193 e. The molecular weight excluding hydrogens is 313 g/mol. The maximum atomic E-state index is 4.55. The van der Waals surface area contributed by atoms with E-state index < -0.39 is 0 Å². The van der Waals surface area contributed by atoms with Gasteiger partial charge < -0.3 is 10.2 Å². The van der Waals surface area contributed by atoms with Crippen LogP contribution in [0.25, 0.3) is 0 Å². The van der Waals surface area contributed by atoms with E-state index in [0.29, 0.717) is 5.41 Å². The lowest BCUT2D eigenvalue weighted by atomic mass is 9.68. The molecule has 1 aliphatic carbocycles. The summed E-state index contributed by atoms with van der Waals surface area (Å²) in [6, 6.07) is 0. The second kappa shape index (κ2) is 6.07. The number of nitrogens with zero attached hydrogens (tertiary/aromatic N) is 2. The molecule has 1 aliphatic heterocycles. The molecule has 0 aromatic heterocycles. The third-order valence-electron chi connectivity index (χ3n) is 3.79. The summed E-state index contributed by atoms with van der Waals surface area (Å²) in [5.41, 5.74) is 0.671. The molecule has 2 rings (SSSR count). The highest BCUT2D eigenvalue weighted by atomic mass is 127. The zero-order chi connectivity index (χ0) is 10.7. The maximum absolute atomic E-state index is 4.55. The van der Waals surface area contributed by atoms with Gasteiger partial charge in [-0.1, -0.05) is 6.42 Å². The highest BCUT2D eigenvalue weighted by Gasteiger charge is 2.43. The zero-order valence-electron chi connectivity index (χ0n) is 10.5. The number of guanidine groups is 1. The molecule has 1 spiro atoms. The van der Waals surface area contributed by atoms with Crippen molar-refractivity contribution < 1.29 is 0 Å². The quantitative estimate of drug-likeness (QED) is 0.476. The molecule has 4 heteroatoms. The van der Waals surface area contributed by atoms with Gasteiger partial charge in [-0.3, -0.25) is 4.99 Å². The van der Waals surface area contributed by atoms with Crippen LogP contribution in [0, 0.1) is 5.41 Å². The predicted octanol–water partition coefficient (Wildman–Crippen LogP) is 2.47.